The van der Waals surface area contributed by atoms with Gasteiger partial charge in [-0.15, -0.1) is 0 Å². The Bertz CT molecular complexity index is 940. The zero-order valence-electron chi connectivity index (χ0n) is 17.6. The minimum Gasteiger partial charge on any atom is -0.365 e. The first-order valence-corrected chi connectivity index (χ1v) is 10.8. The third-order valence-electron chi connectivity index (χ3n) is 6.25. The lowest BCUT2D eigenvalue weighted by atomic mass is 9.94. The Hall–Kier alpha value is -2.62. The SMILES string of the molecule is CCOC(C)OCC(=O)NC1CC2CCC(C1)N2c1ccc(C#N)c2ccccc12. The van der Waals surface area contributed by atoms with Crippen LogP contribution >= 0.6 is 0 Å². The van der Waals surface area contributed by atoms with Crippen molar-refractivity contribution in [2.24, 2.45) is 0 Å². The second-order valence-electron chi connectivity index (χ2n) is 8.15. The van der Waals surface area contributed by atoms with Crippen LogP contribution in [0.1, 0.15) is 45.1 Å². The maximum atomic E-state index is 12.3. The molecule has 2 bridgehead atoms. The Labute approximate surface area is 177 Å². The molecule has 2 saturated heterocycles. The molecule has 2 aromatic carbocycles. The van der Waals surface area contributed by atoms with Crippen molar-refractivity contribution < 1.29 is 14.3 Å². The van der Waals surface area contributed by atoms with Crippen LogP contribution in [0.25, 0.3) is 10.8 Å². The van der Waals surface area contributed by atoms with Crippen molar-refractivity contribution in [1.82, 2.24) is 5.32 Å². The van der Waals surface area contributed by atoms with Gasteiger partial charge in [0, 0.05) is 41.2 Å². The molecule has 6 nitrogen and oxygen atoms in total. The van der Waals surface area contributed by atoms with Gasteiger partial charge in [0.25, 0.3) is 0 Å². The van der Waals surface area contributed by atoms with E-state index in [4.69, 9.17) is 9.47 Å². The van der Waals surface area contributed by atoms with Crippen LogP contribution in [0.4, 0.5) is 5.69 Å². The molecule has 1 amide bonds. The molecule has 3 atom stereocenters. The predicted molar refractivity (Wildman–Crippen MR) is 116 cm³/mol. The monoisotopic (exact) mass is 407 g/mol. The highest BCUT2D eigenvalue weighted by Crippen LogP contribution is 2.42. The summed E-state index contributed by atoms with van der Waals surface area (Å²) in [5.41, 5.74) is 1.92. The third-order valence-corrected chi connectivity index (χ3v) is 6.25. The van der Waals surface area contributed by atoms with Gasteiger partial charge >= 0.3 is 0 Å². The lowest BCUT2D eigenvalue weighted by Crippen LogP contribution is -2.51. The summed E-state index contributed by atoms with van der Waals surface area (Å²) in [4.78, 5) is 14.8. The van der Waals surface area contributed by atoms with Crippen LogP contribution in [0, 0.1) is 11.3 Å². The molecule has 2 heterocycles. The van der Waals surface area contributed by atoms with Gasteiger partial charge in [-0.1, -0.05) is 24.3 Å². The summed E-state index contributed by atoms with van der Waals surface area (Å²) in [6.07, 6.45) is 3.74. The Morgan fingerprint density at radius 2 is 1.87 bits per heavy atom. The van der Waals surface area contributed by atoms with Crippen LogP contribution in [0.5, 0.6) is 0 Å². The number of ether oxygens (including phenoxy) is 2. The van der Waals surface area contributed by atoms with E-state index in [1.54, 1.807) is 6.92 Å². The van der Waals surface area contributed by atoms with Crippen LogP contribution < -0.4 is 10.2 Å². The molecule has 1 N–H and O–H groups in total. The lowest BCUT2D eigenvalue weighted by Gasteiger charge is -2.41. The van der Waals surface area contributed by atoms with Crippen LogP contribution in [-0.4, -0.2) is 43.5 Å². The minimum absolute atomic E-state index is 0.0248. The van der Waals surface area contributed by atoms with E-state index in [-0.39, 0.29) is 24.8 Å². The van der Waals surface area contributed by atoms with E-state index in [0.717, 1.165) is 36.5 Å². The van der Waals surface area contributed by atoms with Crippen LogP contribution in [0.3, 0.4) is 0 Å². The van der Waals surface area contributed by atoms with Gasteiger partial charge in [-0.05, 0) is 51.7 Å². The number of rotatable bonds is 7. The van der Waals surface area contributed by atoms with Crippen molar-refractivity contribution in [1.29, 1.82) is 5.26 Å². The second-order valence-corrected chi connectivity index (χ2v) is 8.15. The quantitative estimate of drug-likeness (QED) is 0.708. The summed E-state index contributed by atoms with van der Waals surface area (Å²) < 4.78 is 10.8. The van der Waals surface area contributed by atoms with Crippen molar-refractivity contribution >= 4 is 22.4 Å². The van der Waals surface area contributed by atoms with E-state index in [1.807, 2.05) is 31.2 Å². The molecule has 30 heavy (non-hydrogen) atoms. The molecule has 2 fully saturated rings. The first-order valence-electron chi connectivity index (χ1n) is 10.8. The van der Waals surface area contributed by atoms with E-state index >= 15 is 0 Å². The van der Waals surface area contributed by atoms with E-state index in [1.165, 1.54) is 5.69 Å². The van der Waals surface area contributed by atoms with E-state index < -0.39 is 0 Å². The summed E-state index contributed by atoms with van der Waals surface area (Å²) in [5, 5.41) is 14.8. The maximum Gasteiger partial charge on any atom is 0.246 e. The average Bonchev–Trinajstić information content (AvgIpc) is 3.01. The third kappa shape index (κ3) is 4.14. The molecule has 3 unspecified atom stereocenters. The number of anilines is 1. The van der Waals surface area contributed by atoms with Gasteiger partial charge in [-0.25, -0.2) is 0 Å². The molecule has 6 heteroatoms. The first kappa shape index (κ1) is 20.6. The summed E-state index contributed by atoms with van der Waals surface area (Å²) in [6.45, 7) is 4.30. The number of nitrogens with one attached hydrogen (secondary N) is 1. The topological polar surface area (TPSA) is 74.6 Å². The number of hydrogen-bond donors (Lipinski definition) is 1. The summed E-state index contributed by atoms with van der Waals surface area (Å²) >= 11 is 0. The van der Waals surface area contributed by atoms with Crippen molar-refractivity contribution in [3.05, 3.63) is 42.0 Å². The van der Waals surface area contributed by atoms with Gasteiger partial charge in [0.2, 0.25) is 5.91 Å². The molecule has 0 aromatic heterocycles. The van der Waals surface area contributed by atoms with E-state index in [2.05, 4.69) is 28.4 Å². The Balaban J connectivity index is 1.45. The molecule has 0 radical (unpaired) electrons. The summed E-state index contributed by atoms with van der Waals surface area (Å²) in [5.74, 6) is -0.0803. The Morgan fingerprint density at radius 3 is 2.53 bits per heavy atom. The fraction of sp³-hybridized carbons (Fsp3) is 0.500. The number of fused-ring (bicyclic) bond motifs is 3. The van der Waals surface area contributed by atoms with Gasteiger partial charge in [0.05, 0.1) is 11.6 Å². The Morgan fingerprint density at radius 1 is 1.17 bits per heavy atom. The molecular formula is C24H29N3O3. The molecule has 2 aliphatic rings. The average molecular weight is 408 g/mol. The highest BCUT2D eigenvalue weighted by Gasteiger charge is 2.41. The van der Waals surface area contributed by atoms with Crippen molar-refractivity contribution in [2.75, 3.05) is 18.1 Å². The molecule has 0 spiro atoms. The molecule has 158 valence electrons. The number of piperidine rings is 1. The number of carbonyl (C=O) groups excluding carboxylic acids is 1. The lowest BCUT2D eigenvalue weighted by molar-refractivity contribution is -0.150. The second kappa shape index (κ2) is 9.03. The highest BCUT2D eigenvalue weighted by atomic mass is 16.7. The van der Waals surface area contributed by atoms with Crippen molar-refractivity contribution in [2.45, 2.75) is 63.9 Å². The van der Waals surface area contributed by atoms with Gasteiger partial charge in [0.15, 0.2) is 6.29 Å². The normalized spacial score (nSPS) is 23.9. The zero-order valence-corrected chi connectivity index (χ0v) is 17.6. The predicted octanol–water partition coefficient (Wildman–Crippen LogP) is 3.73. The molecule has 0 aliphatic carbocycles. The van der Waals surface area contributed by atoms with Gasteiger partial charge in [-0.2, -0.15) is 5.26 Å². The first-order chi connectivity index (χ1) is 14.6. The van der Waals surface area contributed by atoms with Gasteiger partial charge in [-0.3, -0.25) is 4.79 Å². The molecule has 4 rings (SSSR count). The number of benzene rings is 2. The summed E-state index contributed by atoms with van der Waals surface area (Å²) in [6, 6.07) is 15.4. The number of nitrogens with zero attached hydrogens (tertiary/aromatic N) is 2. The van der Waals surface area contributed by atoms with E-state index in [9.17, 15) is 10.1 Å². The van der Waals surface area contributed by atoms with Crippen LogP contribution in [-0.2, 0) is 14.3 Å². The molecule has 0 saturated carbocycles. The number of nitriles is 1. The van der Waals surface area contributed by atoms with Crippen LogP contribution in [0.2, 0.25) is 0 Å². The Kier molecular flexibility index (Phi) is 6.21. The fourth-order valence-corrected chi connectivity index (χ4v) is 5.04. The highest BCUT2D eigenvalue weighted by molar-refractivity contribution is 5.98. The number of amides is 1. The fourth-order valence-electron chi connectivity index (χ4n) is 5.04. The van der Waals surface area contributed by atoms with E-state index in [0.29, 0.717) is 24.3 Å². The zero-order chi connectivity index (χ0) is 21.1. The largest absolute Gasteiger partial charge is 0.365 e. The maximum absolute atomic E-state index is 12.3. The number of hydrogen-bond acceptors (Lipinski definition) is 5. The number of carbonyl (C=O) groups is 1. The molecule has 2 aromatic rings. The standard InChI is InChI=1S/C24H29N3O3/c1-3-29-16(2)30-15-24(28)26-18-12-19-9-10-20(13-18)27(19)23-11-8-17(14-25)21-6-4-5-7-22(21)23/h4-8,11,16,18-20H,3,9-10,12-13,15H2,1-2H3,(H,26,28). The minimum atomic E-state index is -0.372. The van der Waals surface area contributed by atoms with Crippen molar-refractivity contribution in [3.63, 3.8) is 0 Å². The molecule has 2 aliphatic heterocycles. The van der Waals surface area contributed by atoms with Crippen LogP contribution in [0.15, 0.2) is 36.4 Å². The van der Waals surface area contributed by atoms with Gasteiger partial charge in [0.1, 0.15) is 6.61 Å². The summed E-state index contributed by atoms with van der Waals surface area (Å²) in [7, 11) is 0. The molecular weight excluding hydrogens is 378 g/mol. The van der Waals surface area contributed by atoms with Crippen molar-refractivity contribution in [3.8, 4) is 6.07 Å². The van der Waals surface area contributed by atoms with Gasteiger partial charge < -0.3 is 19.7 Å². The smallest absolute Gasteiger partial charge is 0.246 e.